The van der Waals surface area contributed by atoms with Crippen LogP contribution in [0.1, 0.15) is 58.3 Å². The Labute approximate surface area is 114 Å². The molecule has 0 radical (unpaired) electrons. The van der Waals surface area contributed by atoms with Crippen LogP contribution in [0.5, 0.6) is 0 Å². The van der Waals surface area contributed by atoms with Crippen LogP contribution in [0.25, 0.3) is 0 Å². The van der Waals surface area contributed by atoms with Crippen LogP contribution >= 0.6 is 15.9 Å². The molecule has 0 atom stereocenters. The van der Waals surface area contributed by atoms with Gasteiger partial charge in [-0.3, -0.25) is 4.79 Å². The minimum Gasteiger partial charge on any atom is -0.466 e. The summed E-state index contributed by atoms with van der Waals surface area (Å²) in [6.07, 6.45) is 14.2. The molecule has 0 fully saturated rings. The second-order valence-electron chi connectivity index (χ2n) is 4.20. The van der Waals surface area contributed by atoms with Crippen LogP contribution in [0, 0.1) is 0 Å². The molecule has 2 nitrogen and oxygen atoms in total. The summed E-state index contributed by atoms with van der Waals surface area (Å²) < 4.78 is 4.87. The lowest BCUT2D eigenvalue weighted by molar-refractivity contribution is -0.141. The number of hydrogen-bond donors (Lipinski definition) is 0. The maximum Gasteiger partial charge on any atom is 0.302 e. The predicted octanol–water partition coefficient (Wildman–Crippen LogP) is 4.62. The van der Waals surface area contributed by atoms with Crippen molar-refractivity contribution in [2.75, 3.05) is 11.9 Å². The highest BCUT2D eigenvalue weighted by molar-refractivity contribution is 9.09. The molecule has 0 N–H and O–H groups in total. The number of allylic oxidation sites excluding steroid dienone is 2. The van der Waals surface area contributed by atoms with E-state index >= 15 is 0 Å². The maximum absolute atomic E-state index is 10.5. The van der Waals surface area contributed by atoms with E-state index in [-0.39, 0.29) is 5.97 Å². The Kier molecular flexibility index (Phi) is 13.5. The first-order chi connectivity index (χ1) is 8.27. The summed E-state index contributed by atoms with van der Waals surface area (Å²) in [5.74, 6) is -0.166. The van der Waals surface area contributed by atoms with Crippen LogP contribution < -0.4 is 0 Å². The Bertz CT molecular complexity index is 202. The van der Waals surface area contributed by atoms with Crippen molar-refractivity contribution in [1.82, 2.24) is 0 Å². The van der Waals surface area contributed by atoms with E-state index in [0.717, 1.165) is 18.2 Å². The van der Waals surface area contributed by atoms with E-state index in [2.05, 4.69) is 28.1 Å². The second-order valence-corrected chi connectivity index (χ2v) is 4.99. The Balaban J connectivity index is 3.01. The van der Waals surface area contributed by atoms with E-state index in [1.54, 1.807) is 0 Å². The van der Waals surface area contributed by atoms with Gasteiger partial charge < -0.3 is 4.74 Å². The molecule has 0 saturated carbocycles. The average Bonchev–Trinajstić information content (AvgIpc) is 2.30. The molecule has 100 valence electrons. The summed E-state index contributed by atoms with van der Waals surface area (Å²) in [7, 11) is 0. The highest BCUT2D eigenvalue weighted by atomic mass is 79.9. The number of esters is 1. The number of hydrogen-bond acceptors (Lipinski definition) is 2. The Hall–Kier alpha value is -0.310. The monoisotopic (exact) mass is 304 g/mol. The normalized spacial score (nSPS) is 10.9. The number of carbonyl (C=O) groups excluding carboxylic acids is 1. The molecule has 0 spiro atoms. The first kappa shape index (κ1) is 16.7. The van der Waals surface area contributed by atoms with Crippen molar-refractivity contribution in [3.05, 3.63) is 12.2 Å². The summed E-state index contributed by atoms with van der Waals surface area (Å²) in [6, 6.07) is 0. The van der Waals surface area contributed by atoms with Crippen molar-refractivity contribution < 1.29 is 9.53 Å². The molecule has 0 amide bonds. The van der Waals surface area contributed by atoms with E-state index in [4.69, 9.17) is 4.74 Å². The zero-order valence-electron chi connectivity index (χ0n) is 10.9. The first-order valence-corrected chi connectivity index (χ1v) is 7.74. The van der Waals surface area contributed by atoms with Crippen LogP contribution in [-0.4, -0.2) is 17.9 Å². The molecule has 0 rings (SSSR count). The first-order valence-electron chi connectivity index (χ1n) is 6.61. The van der Waals surface area contributed by atoms with Crippen molar-refractivity contribution in [3.63, 3.8) is 0 Å². The summed E-state index contributed by atoms with van der Waals surface area (Å²) in [5, 5.41) is 1.06. The smallest absolute Gasteiger partial charge is 0.302 e. The zero-order chi connectivity index (χ0) is 12.8. The van der Waals surface area contributed by atoms with Crippen LogP contribution in [0.15, 0.2) is 12.2 Å². The van der Waals surface area contributed by atoms with E-state index in [0.29, 0.717) is 6.61 Å². The van der Waals surface area contributed by atoms with Gasteiger partial charge in [0, 0.05) is 12.3 Å². The molecule has 0 unspecified atom stereocenters. The lowest BCUT2D eigenvalue weighted by Crippen LogP contribution is -1.99. The van der Waals surface area contributed by atoms with Crippen molar-refractivity contribution in [3.8, 4) is 0 Å². The average molecular weight is 305 g/mol. The summed E-state index contributed by atoms with van der Waals surface area (Å²) in [6.45, 7) is 2.05. The number of rotatable bonds is 11. The standard InChI is InChI=1S/C14H25BrO2/c1-14(16)17-13-11-9-7-5-3-2-4-6-8-10-12-15/h6,8H,2-5,7,9-13H2,1H3/b8-6-. The summed E-state index contributed by atoms with van der Waals surface area (Å²) in [5.41, 5.74) is 0. The lowest BCUT2D eigenvalue weighted by atomic mass is 10.1. The van der Waals surface area contributed by atoms with Gasteiger partial charge >= 0.3 is 5.97 Å². The number of halogens is 1. The van der Waals surface area contributed by atoms with Gasteiger partial charge in [0.15, 0.2) is 0 Å². The number of alkyl halides is 1. The van der Waals surface area contributed by atoms with Gasteiger partial charge in [-0.2, -0.15) is 0 Å². The molecule has 0 aromatic carbocycles. The Morgan fingerprint density at radius 1 is 1.00 bits per heavy atom. The molecule has 0 aromatic rings. The quantitative estimate of drug-likeness (QED) is 0.241. The van der Waals surface area contributed by atoms with Crippen molar-refractivity contribution in [1.29, 1.82) is 0 Å². The fraction of sp³-hybridized carbons (Fsp3) is 0.786. The molecule has 0 aliphatic heterocycles. The van der Waals surface area contributed by atoms with Gasteiger partial charge in [-0.25, -0.2) is 0 Å². The third-order valence-corrected chi connectivity index (χ3v) is 2.97. The van der Waals surface area contributed by atoms with Gasteiger partial charge in [-0.05, 0) is 25.7 Å². The minimum atomic E-state index is -0.166. The van der Waals surface area contributed by atoms with Crippen LogP contribution in [0.2, 0.25) is 0 Å². The SMILES string of the molecule is CC(=O)OCCCCCCCC/C=C\CCBr. The third-order valence-electron chi connectivity index (χ3n) is 2.51. The second kappa shape index (κ2) is 13.8. The summed E-state index contributed by atoms with van der Waals surface area (Å²) in [4.78, 5) is 10.5. The Morgan fingerprint density at radius 3 is 2.24 bits per heavy atom. The van der Waals surface area contributed by atoms with Gasteiger partial charge in [-0.15, -0.1) is 0 Å². The topological polar surface area (TPSA) is 26.3 Å². The number of unbranched alkanes of at least 4 members (excludes halogenated alkanes) is 6. The number of ether oxygens (including phenoxy) is 1. The molecule has 0 aliphatic carbocycles. The van der Waals surface area contributed by atoms with E-state index in [9.17, 15) is 4.79 Å². The zero-order valence-corrected chi connectivity index (χ0v) is 12.5. The van der Waals surface area contributed by atoms with Gasteiger partial charge in [0.1, 0.15) is 0 Å². The maximum atomic E-state index is 10.5. The highest BCUT2D eigenvalue weighted by Crippen LogP contribution is 2.08. The lowest BCUT2D eigenvalue weighted by Gasteiger charge is -2.02. The Morgan fingerprint density at radius 2 is 1.59 bits per heavy atom. The van der Waals surface area contributed by atoms with E-state index < -0.39 is 0 Å². The molecular formula is C14H25BrO2. The predicted molar refractivity (Wildman–Crippen MR) is 76.5 cm³/mol. The third kappa shape index (κ3) is 15.7. The van der Waals surface area contributed by atoms with Crippen molar-refractivity contribution in [2.24, 2.45) is 0 Å². The molecule has 0 saturated heterocycles. The minimum absolute atomic E-state index is 0.166. The molecule has 0 heterocycles. The summed E-state index contributed by atoms with van der Waals surface area (Å²) >= 11 is 3.40. The van der Waals surface area contributed by atoms with Gasteiger partial charge in [-0.1, -0.05) is 53.8 Å². The van der Waals surface area contributed by atoms with Gasteiger partial charge in [0.05, 0.1) is 6.61 Å². The highest BCUT2D eigenvalue weighted by Gasteiger charge is 1.93. The molecule has 17 heavy (non-hydrogen) atoms. The fourth-order valence-corrected chi connectivity index (χ4v) is 1.85. The molecule has 0 aromatic heterocycles. The van der Waals surface area contributed by atoms with E-state index in [1.807, 2.05) is 0 Å². The van der Waals surface area contributed by atoms with Gasteiger partial charge in [0.2, 0.25) is 0 Å². The van der Waals surface area contributed by atoms with Crippen LogP contribution in [0.3, 0.4) is 0 Å². The van der Waals surface area contributed by atoms with Gasteiger partial charge in [0.25, 0.3) is 0 Å². The number of carbonyl (C=O) groups is 1. The molecule has 3 heteroatoms. The van der Waals surface area contributed by atoms with E-state index in [1.165, 1.54) is 45.4 Å². The van der Waals surface area contributed by atoms with Crippen LogP contribution in [0.4, 0.5) is 0 Å². The molecule has 0 aliphatic rings. The molecular weight excluding hydrogens is 280 g/mol. The van der Waals surface area contributed by atoms with Crippen molar-refractivity contribution >= 4 is 21.9 Å². The largest absolute Gasteiger partial charge is 0.466 e. The molecule has 0 bridgehead atoms. The van der Waals surface area contributed by atoms with Crippen LogP contribution in [-0.2, 0) is 9.53 Å². The fourth-order valence-electron chi connectivity index (χ4n) is 1.59. The van der Waals surface area contributed by atoms with Crippen molar-refractivity contribution in [2.45, 2.75) is 58.3 Å².